The van der Waals surface area contributed by atoms with Crippen molar-refractivity contribution in [1.29, 1.82) is 0 Å². The molecule has 2 atom stereocenters. The number of hydrogen-bond donors (Lipinski definition) is 1. The number of methoxy groups -OCH3 is 2. The molecule has 0 bridgehead atoms. The summed E-state index contributed by atoms with van der Waals surface area (Å²) in [5.41, 5.74) is 6.96. The molecule has 106 valence electrons. The first-order chi connectivity index (χ1) is 9.10. The SMILES string of the molecule is COc1cc(Br)cc(C2CC(CN)CN2C)c1OC. The Labute approximate surface area is 123 Å². The van der Waals surface area contributed by atoms with Gasteiger partial charge in [0.2, 0.25) is 0 Å². The first kappa shape index (κ1) is 14.6. The van der Waals surface area contributed by atoms with Crippen LogP contribution in [-0.2, 0) is 0 Å². The van der Waals surface area contributed by atoms with Crippen LogP contribution in [0.15, 0.2) is 16.6 Å². The van der Waals surface area contributed by atoms with Crippen LogP contribution in [0.2, 0.25) is 0 Å². The molecule has 19 heavy (non-hydrogen) atoms. The second-order valence-corrected chi connectivity index (χ2v) is 5.94. The van der Waals surface area contributed by atoms with Crippen LogP contribution in [0.5, 0.6) is 11.5 Å². The van der Waals surface area contributed by atoms with Crippen molar-refractivity contribution < 1.29 is 9.47 Å². The smallest absolute Gasteiger partial charge is 0.165 e. The van der Waals surface area contributed by atoms with Gasteiger partial charge in [-0.2, -0.15) is 0 Å². The van der Waals surface area contributed by atoms with E-state index in [-0.39, 0.29) is 0 Å². The number of nitrogens with zero attached hydrogens (tertiary/aromatic N) is 1. The average molecular weight is 329 g/mol. The molecule has 1 aliphatic rings. The topological polar surface area (TPSA) is 47.7 Å². The maximum absolute atomic E-state index is 5.80. The first-order valence-corrected chi connectivity index (χ1v) is 7.21. The quantitative estimate of drug-likeness (QED) is 0.922. The zero-order valence-corrected chi connectivity index (χ0v) is 13.2. The summed E-state index contributed by atoms with van der Waals surface area (Å²) in [5, 5.41) is 0. The van der Waals surface area contributed by atoms with Gasteiger partial charge in [0.15, 0.2) is 11.5 Å². The Morgan fingerprint density at radius 1 is 1.37 bits per heavy atom. The molecule has 1 heterocycles. The molecule has 0 saturated carbocycles. The highest BCUT2D eigenvalue weighted by Gasteiger charge is 2.32. The summed E-state index contributed by atoms with van der Waals surface area (Å²) in [7, 11) is 5.48. The first-order valence-electron chi connectivity index (χ1n) is 6.42. The fraction of sp³-hybridized carbons (Fsp3) is 0.571. The van der Waals surface area contributed by atoms with Gasteiger partial charge < -0.3 is 15.2 Å². The lowest BCUT2D eigenvalue weighted by molar-refractivity contribution is 0.296. The molecule has 1 aliphatic heterocycles. The summed E-state index contributed by atoms with van der Waals surface area (Å²) in [6, 6.07) is 4.37. The van der Waals surface area contributed by atoms with Gasteiger partial charge in [0.05, 0.1) is 14.2 Å². The monoisotopic (exact) mass is 328 g/mol. The number of nitrogens with two attached hydrogens (primary N) is 1. The molecule has 2 unspecified atom stereocenters. The lowest BCUT2D eigenvalue weighted by atomic mass is 9.99. The van der Waals surface area contributed by atoms with Crippen molar-refractivity contribution in [3.05, 3.63) is 22.2 Å². The summed E-state index contributed by atoms with van der Waals surface area (Å²) in [6.07, 6.45) is 1.06. The molecule has 0 aromatic heterocycles. The summed E-state index contributed by atoms with van der Waals surface area (Å²) in [6.45, 7) is 1.76. The standard InChI is InChI=1S/C14H21BrN2O2/c1-17-8-9(7-16)4-12(17)11-5-10(15)6-13(18-2)14(11)19-3/h5-6,9,12H,4,7-8,16H2,1-3H3. The highest BCUT2D eigenvalue weighted by atomic mass is 79.9. The van der Waals surface area contributed by atoms with E-state index in [0.29, 0.717) is 12.0 Å². The third-order valence-electron chi connectivity index (χ3n) is 3.80. The Kier molecular flexibility index (Phi) is 4.71. The molecule has 1 aromatic rings. The van der Waals surface area contributed by atoms with Crippen molar-refractivity contribution in [2.45, 2.75) is 12.5 Å². The molecule has 5 heteroatoms. The van der Waals surface area contributed by atoms with Gasteiger partial charge in [0.25, 0.3) is 0 Å². The molecular formula is C14H21BrN2O2. The minimum absolute atomic E-state index is 0.329. The molecule has 4 nitrogen and oxygen atoms in total. The largest absolute Gasteiger partial charge is 0.493 e. The van der Waals surface area contributed by atoms with E-state index in [1.54, 1.807) is 14.2 Å². The molecule has 2 rings (SSSR count). The third kappa shape index (κ3) is 2.88. The van der Waals surface area contributed by atoms with Crippen LogP contribution >= 0.6 is 15.9 Å². The Hall–Kier alpha value is -0.780. The van der Waals surface area contributed by atoms with Crippen LogP contribution in [0.3, 0.4) is 0 Å². The number of benzene rings is 1. The molecule has 0 aliphatic carbocycles. The van der Waals surface area contributed by atoms with Gasteiger partial charge in [-0.15, -0.1) is 0 Å². The van der Waals surface area contributed by atoms with Crippen LogP contribution < -0.4 is 15.2 Å². The highest BCUT2D eigenvalue weighted by Crippen LogP contribution is 2.43. The highest BCUT2D eigenvalue weighted by molar-refractivity contribution is 9.10. The second kappa shape index (κ2) is 6.11. The minimum Gasteiger partial charge on any atom is -0.493 e. The van der Waals surface area contributed by atoms with Gasteiger partial charge in [0, 0.05) is 22.6 Å². The van der Waals surface area contributed by atoms with Gasteiger partial charge in [-0.1, -0.05) is 15.9 Å². The van der Waals surface area contributed by atoms with Crippen molar-refractivity contribution in [3.8, 4) is 11.5 Å². The minimum atomic E-state index is 0.329. The molecular weight excluding hydrogens is 308 g/mol. The predicted octanol–water partition coefficient (Wildman–Crippen LogP) is 2.42. The Morgan fingerprint density at radius 3 is 2.63 bits per heavy atom. The Bertz CT molecular complexity index is 453. The maximum atomic E-state index is 5.80. The van der Waals surface area contributed by atoms with Gasteiger partial charge in [-0.05, 0) is 38.1 Å². The summed E-state index contributed by atoms with van der Waals surface area (Å²) < 4.78 is 12.0. The van der Waals surface area contributed by atoms with Crippen molar-refractivity contribution >= 4 is 15.9 Å². The van der Waals surface area contributed by atoms with Crippen LogP contribution in [0.1, 0.15) is 18.0 Å². The van der Waals surface area contributed by atoms with E-state index in [9.17, 15) is 0 Å². The van der Waals surface area contributed by atoms with Gasteiger partial charge in [-0.25, -0.2) is 0 Å². The zero-order chi connectivity index (χ0) is 14.0. The normalized spacial score (nSPS) is 23.6. The second-order valence-electron chi connectivity index (χ2n) is 5.02. The van der Waals surface area contributed by atoms with Crippen LogP contribution in [-0.4, -0.2) is 39.3 Å². The van der Waals surface area contributed by atoms with E-state index < -0.39 is 0 Å². The molecule has 2 N–H and O–H groups in total. The molecule has 1 aromatic carbocycles. The molecule has 0 amide bonds. The molecule has 0 spiro atoms. The van der Waals surface area contributed by atoms with Crippen molar-refractivity contribution in [1.82, 2.24) is 4.90 Å². The van der Waals surface area contributed by atoms with Crippen LogP contribution in [0.4, 0.5) is 0 Å². The van der Waals surface area contributed by atoms with E-state index in [0.717, 1.165) is 41.0 Å². The van der Waals surface area contributed by atoms with E-state index in [4.69, 9.17) is 15.2 Å². The van der Waals surface area contributed by atoms with Crippen LogP contribution in [0, 0.1) is 5.92 Å². The van der Waals surface area contributed by atoms with Crippen molar-refractivity contribution in [2.24, 2.45) is 11.7 Å². The van der Waals surface area contributed by atoms with Gasteiger partial charge >= 0.3 is 0 Å². The predicted molar refractivity (Wildman–Crippen MR) is 79.8 cm³/mol. The Balaban J connectivity index is 2.41. The molecule has 1 saturated heterocycles. The lowest BCUT2D eigenvalue weighted by Crippen LogP contribution is -2.21. The van der Waals surface area contributed by atoms with E-state index >= 15 is 0 Å². The summed E-state index contributed by atoms with van der Waals surface area (Å²) >= 11 is 3.54. The fourth-order valence-electron chi connectivity index (χ4n) is 2.85. The lowest BCUT2D eigenvalue weighted by Gasteiger charge is -2.23. The summed E-state index contributed by atoms with van der Waals surface area (Å²) in [4.78, 5) is 2.33. The van der Waals surface area contributed by atoms with Crippen LogP contribution in [0.25, 0.3) is 0 Å². The Morgan fingerprint density at radius 2 is 2.11 bits per heavy atom. The third-order valence-corrected chi connectivity index (χ3v) is 4.26. The number of halogens is 1. The number of rotatable bonds is 4. The van der Waals surface area contributed by atoms with Gasteiger partial charge in [-0.3, -0.25) is 4.90 Å². The maximum Gasteiger partial charge on any atom is 0.165 e. The zero-order valence-electron chi connectivity index (χ0n) is 11.6. The number of ether oxygens (including phenoxy) is 2. The number of likely N-dealkylation sites (tertiary alicyclic amines) is 1. The van der Waals surface area contributed by atoms with E-state index in [2.05, 4.69) is 33.9 Å². The van der Waals surface area contributed by atoms with Gasteiger partial charge in [0.1, 0.15) is 0 Å². The van der Waals surface area contributed by atoms with Crippen molar-refractivity contribution in [2.75, 3.05) is 34.4 Å². The average Bonchev–Trinajstić information content (AvgIpc) is 2.78. The molecule has 1 fully saturated rings. The van der Waals surface area contributed by atoms with Crippen molar-refractivity contribution in [3.63, 3.8) is 0 Å². The molecule has 0 radical (unpaired) electrons. The summed E-state index contributed by atoms with van der Waals surface area (Å²) in [5.74, 6) is 2.13. The van der Waals surface area contributed by atoms with E-state index in [1.165, 1.54) is 0 Å². The van der Waals surface area contributed by atoms with E-state index in [1.807, 2.05) is 6.07 Å². The number of hydrogen-bond acceptors (Lipinski definition) is 4. The fourth-order valence-corrected chi connectivity index (χ4v) is 3.30.